The van der Waals surface area contributed by atoms with Gasteiger partial charge >= 0.3 is 5.63 Å². The molecule has 0 N–H and O–H groups in total. The average molecular weight is 480 g/mol. The Bertz CT molecular complexity index is 1620. The molecule has 0 aliphatic carbocycles. The first-order valence-corrected chi connectivity index (χ1v) is 12.3. The van der Waals surface area contributed by atoms with Crippen molar-refractivity contribution in [2.45, 2.75) is 32.9 Å². The molecule has 4 heterocycles. The number of imidazole rings is 1. The molecule has 7 heteroatoms. The normalized spacial score (nSPS) is 16.2. The second-order valence-corrected chi connectivity index (χ2v) is 9.77. The lowest BCUT2D eigenvalue weighted by atomic mass is 10.1. The molecule has 0 saturated carbocycles. The minimum atomic E-state index is -0.386. The number of likely N-dealkylation sites (N-methyl/N-ethyl adjacent to an activating group) is 1. The van der Waals surface area contributed by atoms with E-state index in [1.165, 1.54) is 5.56 Å². The molecule has 1 atom stereocenters. The van der Waals surface area contributed by atoms with Crippen LogP contribution in [0.25, 0.3) is 27.9 Å². The quantitative estimate of drug-likeness (QED) is 0.337. The number of nitrogens with zero attached hydrogens (tertiary/aromatic N) is 5. The molecule has 6 rings (SSSR count). The minimum Gasteiger partial charge on any atom is -0.422 e. The fraction of sp³-hybridized carbons (Fsp3) is 0.276. The number of hydrogen-bond donors (Lipinski definition) is 0. The average Bonchev–Trinajstić information content (AvgIpc) is 3.51. The molecular formula is C29H29N5O2. The molecule has 2 aromatic carbocycles. The third-order valence-electron chi connectivity index (χ3n) is 7.17. The second kappa shape index (κ2) is 8.91. The first-order valence-electron chi connectivity index (χ1n) is 12.3. The summed E-state index contributed by atoms with van der Waals surface area (Å²) in [5.41, 5.74) is 6.11. The SMILES string of the molecule is Cc1cn2cc(-c3cc4ccc(N(C)C5CCN(Cc6ccccc6)C5)cc4oc3=O)nc2c(C)n1. The summed E-state index contributed by atoms with van der Waals surface area (Å²) in [5.74, 6) is 0. The standard InChI is InChI=1S/C29H29N5O2/c1-19-15-34-18-26(31-28(34)20(2)30-19)25-13-22-9-10-23(14-27(22)36-29(25)35)32(3)24-11-12-33(17-24)16-21-7-5-4-6-8-21/h4-10,13-15,18,24H,11-12,16-17H2,1-3H3. The van der Waals surface area contributed by atoms with Gasteiger partial charge in [0.25, 0.3) is 0 Å². The summed E-state index contributed by atoms with van der Waals surface area (Å²) in [6.45, 7) is 6.92. The van der Waals surface area contributed by atoms with Gasteiger partial charge in [-0.3, -0.25) is 9.88 Å². The van der Waals surface area contributed by atoms with Crippen LogP contribution in [0.4, 0.5) is 5.69 Å². The predicted octanol–water partition coefficient (Wildman–Crippen LogP) is 4.83. The zero-order chi connectivity index (χ0) is 24.8. The third kappa shape index (κ3) is 4.16. The third-order valence-corrected chi connectivity index (χ3v) is 7.17. The van der Waals surface area contributed by atoms with Gasteiger partial charge in [-0.25, -0.2) is 9.78 Å². The van der Waals surface area contributed by atoms with Crippen molar-refractivity contribution in [3.63, 3.8) is 0 Å². The van der Waals surface area contributed by atoms with Crippen molar-refractivity contribution in [2.24, 2.45) is 0 Å². The zero-order valence-electron chi connectivity index (χ0n) is 20.8. The van der Waals surface area contributed by atoms with E-state index >= 15 is 0 Å². The molecular weight excluding hydrogens is 450 g/mol. The smallest absolute Gasteiger partial charge is 0.345 e. The lowest BCUT2D eigenvalue weighted by Crippen LogP contribution is -2.34. The highest BCUT2D eigenvalue weighted by molar-refractivity contribution is 5.84. The Morgan fingerprint density at radius 3 is 2.72 bits per heavy atom. The predicted molar refractivity (Wildman–Crippen MR) is 142 cm³/mol. The van der Waals surface area contributed by atoms with Gasteiger partial charge in [-0.15, -0.1) is 0 Å². The number of benzene rings is 2. The molecule has 1 saturated heterocycles. The van der Waals surface area contributed by atoms with Gasteiger partial charge in [0.05, 0.1) is 22.6 Å². The van der Waals surface area contributed by atoms with Crippen LogP contribution in [0.15, 0.2) is 76.2 Å². The first kappa shape index (κ1) is 22.5. The molecule has 0 bridgehead atoms. The highest BCUT2D eigenvalue weighted by Crippen LogP contribution is 2.28. The number of likely N-dealkylation sites (tertiary alicyclic amines) is 1. The van der Waals surface area contributed by atoms with Crippen molar-refractivity contribution in [1.29, 1.82) is 0 Å². The molecule has 0 spiro atoms. The summed E-state index contributed by atoms with van der Waals surface area (Å²) in [4.78, 5) is 26.9. The maximum atomic E-state index is 13.0. The summed E-state index contributed by atoms with van der Waals surface area (Å²) in [6.07, 6.45) is 4.87. The van der Waals surface area contributed by atoms with Gasteiger partial charge < -0.3 is 13.7 Å². The van der Waals surface area contributed by atoms with Crippen molar-refractivity contribution in [1.82, 2.24) is 19.3 Å². The van der Waals surface area contributed by atoms with Crippen molar-refractivity contribution < 1.29 is 4.42 Å². The maximum Gasteiger partial charge on any atom is 0.345 e. The van der Waals surface area contributed by atoms with E-state index in [4.69, 9.17) is 4.42 Å². The lowest BCUT2D eigenvalue weighted by Gasteiger charge is -2.27. The molecule has 1 unspecified atom stereocenters. The van der Waals surface area contributed by atoms with Crippen LogP contribution in [0, 0.1) is 13.8 Å². The molecule has 1 aliphatic rings. The van der Waals surface area contributed by atoms with Gasteiger partial charge in [0.1, 0.15) is 5.58 Å². The van der Waals surface area contributed by atoms with E-state index in [9.17, 15) is 4.79 Å². The van der Waals surface area contributed by atoms with Crippen molar-refractivity contribution in [3.8, 4) is 11.3 Å². The van der Waals surface area contributed by atoms with Crippen LogP contribution in [0.5, 0.6) is 0 Å². The molecule has 182 valence electrons. The van der Waals surface area contributed by atoms with Crippen LogP contribution < -0.4 is 10.5 Å². The highest BCUT2D eigenvalue weighted by Gasteiger charge is 2.26. The van der Waals surface area contributed by atoms with Gasteiger partial charge in [0.15, 0.2) is 5.65 Å². The molecule has 0 amide bonds. The van der Waals surface area contributed by atoms with Crippen molar-refractivity contribution >= 4 is 22.3 Å². The first-order chi connectivity index (χ1) is 17.4. The maximum absolute atomic E-state index is 13.0. The van der Waals surface area contributed by atoms with E-state index in [1.54, 1.807) is 0 Å². The molecule has 7 nitrogen and oxygen atoms in total. The summed E-state index contributed by atoms with van der Waals surface area (Å²) >= 11 is 0. The second-order valence-electron chi connectivity index (χ2n) is 9.77. The van der Waals surface area contributed by atoms with E-state index < -0.39 is 0 Å². The number of rotatable bonds is 5. The Hall–Kier alpha value is -3.97. The Kier molecular flexibility index (Phi) is 5.57. The van der Waals surface area contributed by atoms with E-state index in [1.807, 2.05) is 48.8 Å². The Labute approximate surface area is 209 Å². The number of aryl methyl sites for hydroxylation is 2. The fourth-order valence-electron chi connectivity index (χ4n) is 5.26. The van der Waals surface area contributed by atoms with Gasteiger partial charge in [0, 0.05) is 62.3 Å². The van der Waals surface area contributed by atoms with Gasteiger partial charge in [-0.2, -0.15) is 0 Å². The van der Waals surface area contributed by atoms with Crippen LogP contribution >= 0.6 is 0 Å². The van der Waals surface area contributed by atoms with E-state index in [0.29, 0.717) is 22.9 Å². The molecule has 1 aliphatic heterocycles. The molecule has 36 heavy (non-hydrogen) atoms. The Morgan fingerprint density at radius 2 is 1.89 bits per heavy atom. The summed E-state index contributed by atoms with van der Waals surface area (Å²) in [6, 6.07) is 19.0. The van der Waals surface area contributed by atoms with Gasteiger partial charge in [-0.1, -0.05) is 30.3 Å². The monoisotopic (exact) mass is 479 g/mol. The van der Waals surface area contributed by atoms with Crippen molar-refractivity contribution in [3.05, 3.63) is 94.4 Å². The van der Waals surface area contributed by atoms with E-state index in [0.717, 1.165) is 54.2 Å². The van der Waals surface area contributed by atoms with E-state index in [2.05, 4.69) is 63.2 Å². The van der Waals surface area contributed by atoms with Crippen LogP contribution in [-0.2, 0) is 6.54 Å². The summed E-state index contributed by atoms with van der Waals surface area (Å²) < 4.78 is 7.71. The number of fused-ring (bicyclic) bond motifs is 2. The largest absolute Gasteiger partial charge is 0.422 e. The molecule has 3 aromatic heterocycles. The molecule has 0 radical (unpaired) electrons. The van der Waals surface area contributed by atoms with Crippen LogP contribution in [0.1, 0.15) is 23.4 Å². The zero-order valence-corrected chi connectivity index (χ0v) is 20.8. The van der Waals surface area contributed by atoms with Crippen LogP contribution in [0.3, 0.4) is 0 Å². The molecule has 1 fully saturated rings. The Morgan fingerprint density at radius 1 is 1.06 bits per heavy atom. The number of anilines is 1. The number of hydrogen-bond acceptors (Lipinski definition) is 6. The van der Waals surface area contributed by atoms with Crippen molar-refractivity contribution in [2.75, 3.05) is 25.0 Å². The Balaban J connectivity index is 1.25. The molecule has 5 aromatic rings. The fourth-order valence-corrected chi connectivity index (χ4v) is 5.26. The van der Waals surface area contributed by atoms with Gasteiger partial charge in [0.2, 0.25) is 0 Å². The summed E-state index contributed by atoms with van der Waals surface area (Å²) in [5, 5.41) is 0.877. The van der Waals surface area contributed by atoms with E-state index in [-0.39, 0.29) is 5.63 Å². The lowest BCUT2D eigenvalue weighted by molar-refractivity contribution is 0.326. The highest BCUT2D eigenvalue weighted by atomic mass is 16.4. The van der Waals surface area contributed by atoms with Crippen LogP contribution in [0.2, 0.25) is 0 Å². The topological polar surface area (TPSA) is 66.9 Å². The van der Waals surface area contributed by atoms with Gasteiger partial charge in [-0.05, 0) is 44.0 Å². The summed E-state index contributed by atoms with van der Waals surface area (Å²) in [7, 11) is 2.12. The number of aromatic nitrogens is 3. The minimum absolute atomic E-state index is 0.386. The van der Waals surface area contributed by atoms with Crippen LogP contribution in [-0.4, -0.2) is 45.4 Å².